The van der Waals surface area contributed by atoms with E-state index in [9.17, 15) is 9.59 Å². The number of fused-ring (bicyclic) bond motifs is 4. The van der Waals surface area contributed by atoms with E-state index in [1.807, 2.05) is 48.5 Å². The average Bonchev–Trinajstić information content (AvgIpc) is 3.18. The summed E-state index contributed by atoms with van der Waals surface area (Å²) in [5.41, 5.74) is 4.55. The van der Waals surface area contributed by atoms with Crippen molar-refractivity contribution in [2.24, 2.45) is 0 Å². The lowest BCUT2D eigenvalue weighted by molar-refractivity contribution is 0.102. The predicted octanol–water partition coefficient (Wildman–Crippen LogP) is 3.82. The Morgan fingerprint density at radius 2 is 1.85 bits per heavy atom. The number of hydrogen-bond acceptors (Lipinski definition) is 3. The van der Waals surface area contributed by atoms with Crippen molar-refractivity contribution < 1.29 is 4.79 Å². The molecule has 4 aromatic rings. The highest BCUT2D eigenvalue weighted by molar-refractivity contribution is 6.05. The molecule has 5 rings (SSSR count). The summed E-state index contributed by atoms with van der Waals surface area (Å²) in [6, 6.07) is 16.9. The molecule has 0 radical (unpaired) electrons. The number of carbonyl (C=O) groups is 1. The number of aryl methyl sites for hydroxylation is 1. The molecule has 1 amide bonds. The Labute approximate surface area is 155 Å². The monoisotopic (exact) mass is 355 g/mol. The lowest BCUT2D eigenvalue weighted by atomic mass is 10.1. The number of nitrogens with one attached hydrogen (secondary N) is 2. The van der Waals surface area contributed by atoms with Gasteiger partial charge < -0.3 is 10.3 Å². The second-order valence-electron chi connectivity index (χ2n) is 6.87. The molecule has 0 atom stereocenters. The van der Waals surface area contributed by atoms with Gasteiger partial charge in [-0.3, -0.25) is 9.59 Å². The van der Waals surface area contributed by atoms with Gasteiger partial charge in [-0.1, -0.05) is 30.3 Å². The van der Waals surface area contributed by atoms with Crippen molar-refractivity contribution in [3.63, 3.8) is 0 Å². The van der Waals surface area contributed by atoms with E-state index in [0.717, 1.165) is 52.2 Å². The molecule has 1 aliphatic rings. The first-order valence-corrected chi connectivity index (χ1v) is 9.04. The predicted molar refractivity (Wildman–Crippen MR) is 106 cm³/mol. The molecule has 0 saturated heterocycles. The van der Waals surface area contributed by atoms with Crippen LogP contribution < -0.4 is 10.9 Å². The van der Waals surface area contributed by atoms with Crippen LogP contribution in [0.5, 0.6) is 0 Å². The van der Waals surface area contributed by atoms with Gasteiger partial charge in [0.25, 0.3) is 11.5 Å². The second kappa shape index (κ2) is 6.06. The fourth-order valence-corrected chi connectivity index (χ4v) is 3.87. The van der Waals surface area contributed by atoms with Crippen LogP contribution >= 0.6 is 0 Å². The van der Waals surface area contributed by atoms with Gasteiger partial charge in [-0.2, -0.15) is 0 Å². The normalized spacial score (nSPS) is 13.0. The van der Waals surface area contributed by atoms with Gasteiger partial charge >= 0.3 is 0 Å². The molecule has 2 N–H and O–H groups in total. The van der Waals surface area contributed by atoms with Gasteiger partial charge in [0.05, 0.1) is 11.0 Å². The second-order valence-corrected chi connectivity index (χ2v) is 6.87. The van der Waals surface area contributed by atoms with Gasteiger partial charge in [0.1, 0.15) is 5.69 Å². The van der Waals surface area contributed by atoms with Crippen molar-refractivity contribution in [2.75, 3.05) is 5.32 Å². The van der Waals surface area contributed by atoms with Crippen LogP contribution in [0.1, 0.15) is 28.0 Å². The topological polar surface area (TPSA) is 74.8 Å². The molecule has 2 aromatic carbocycles. The zero-order chi connectivity index (χ0) is 18.4. The average molecular weight is 355 g/mol. The van der Waals surface area contributed by atoms with Gasteiger partial charge in [-0.25, -0.2) is 4.98 Å². The lowest BCUT2D eigenvalue weighted by Gasteiger charge is -2.09. The Bertz CT molecular complexity index is 1270. The molecule has 5 nitrogen and oxygen atoms in total. The standard InChI is InChI=1S/C22H17N3O2/c26-21-17-6-3-5-15(17)16-10-9-14(12-20(16)25-21)23-22(27)19-11-8-13-4-1-2-7-18(13)24-19/h1-2,4,7-12H,3,5-6H2,(H,23,27)(H,25,26). The third-order valence-electron chi connectivity index (χ3n) is 5.17. The van der Waals surface area contributed by atoms with E-state index >= 15 is 0 Å². The molecular formula is C22H17N3O2. The molecule has 0 unspecified atom stereocenters. The van der Waals surface area contributed by atoms with E-state index in [1.165, 1.54) is 0 Å². The molecule has 2 aromatic heterocycles. The zero-order valence-electron chi connectivity index (χ0n) is 14.6. The number of anilines is 1. The SMILES string of the molecule is O=C(Nc1ccc2c3c(c(=O)[nH]c2c1)CCC3)c1ccc2ccccc2n1. The fraction of sp³-hybridized carbons (Fsp3) is 0.136. The summed E-state index contributed by atoms with van der Waals surface area (Å²) in [6.07, 6.45) is 2.79. The Morgan fingerprint density at radius 3 is 2.78 bits per heavy atom. The number of pyridine rings is 2. The van der Waals surface area contributed by atoms with Crippen LogP contribution in [0.2, 0.25) is 0 Å². The first kappa shape index (κ1) is 15.8. The Hall–Kier alpha value is -3.47. The van der Waals surface area contributed by atoms with E-state index in [1.54, 1.807) is 6.07 Å². The molecule has 5 heteroatoms. The number of benzene rings is 2. The van der Waals surface area contributed by atoms with Crippen molar-refractivity contribution in [2.45, 2.75) is 19.3 Å². The molecule has 2 heterocycles. The number of carbonyl (C=O) groups excluding carboxylic acids is 1. The largest absolute Gasteiger partial charge is 0.322 e. The summed E-state index contributed by atoms with van der Waals surface area (Å²) < 4.78 is 0. The maximum atomic E-state index is 12.6. The molecule has 27 heavy (non-hydrogen) atoms. The van der Waals surface area contributed by atoms with Crippen LogP contribution in [0, 0.1) is 0 Å². The Morgan fingerprint density at radius 1 is 1.00 bits per heavy atom. The number of H-pyrrole nitrogens is 1. The first-order chi connectivity index (χ1) is 13.2. The van der Waals surface area contributed by atoms with Gasteiger partial charge in [0.2, 0.25) is 0 Å². The zero-order valence-corrected chi connectivity index (χ0v) is 14.6. The van der Waals surface area contributed by atoms with Crippen molar-refractivity contribution >= 4 is 33.4 Å². The number of aromatic amines is 1. The van der Waals surface area contributed by atoms with Crippen LogP contribution in [0.25, 0.3) is 21.8 Å². The van der Waals surface area contributed by atoms with Crippen LogP contribution in [-0.4, -0.2) is 15.9 Å². The first-order valence-electron chi connectivity index (χ1n) is 9.04. The van der Waals surface area contributed by atoms with Gasteiger partial charge in [-0.15, -0.1) is 0 Å². The van der Waals surface area contributed by atoms with E-state index < -0.39 is 0 Å². The van der Waals surface area contributed by atoms with Gasteiger partial charge in [0, 0.05) is 22.0 Å². The van der Waals surface area contributed by atoms with E-state index in [2.05, 4.69) is 15.3 Å². The van der Waals surface area contributed by atoms with E-state index in [4.69, 9.17) is 0 Å². The summed E-state index contributed by atoms with van der Waals surface area (Å²) >= 11 is 0. The maximum Gasteiger partial charge on any atom is 0.274 e. The molecule has 0 bridgehead atoms. The molecule has 132 valence electrons. The minimum absolute atomic E-state index is 0.0188. The molecule has 1 aliphatic carbocycles. The van der Waals surface area contributed by atoms with Gasteiger partial charge in [-0.05, 0) is 49.1 Å². The molecule has 0 fully saturated rings. The minimum atomic E-state index is -0.274. The maximum absolute atomic E-state index is 12.6. The van der Waals surface area contributed by atoms with Crippen LogP contribution in [-0.2, 0) is 12.8 Å². The van der Waals surface area contributed by atoms with Crippen molar-refractivity contribution in [1.29, 1.82) is 0 Å². The highest BCUT2D eigenvalue weighted by Crippen LogP contribution is 2.27. The molecular weight excluding hydrogens is 338 g/mol. The van der Waals surface area contributed by atoms with Crippen LogP contribution in [0.4, 0.5) is 5.69 Å². The summed E-state index contributed by atoms with van der Waals surface area (Å²) in [4.78, 5) is 32.2. The number of para-hydroxylation sites is 1. The number of nitrogens with zero attached hydrogens (tertiary/aromatic N) is 1. The molecule has 0 aliphatic heterocycles. The van der Waals surface area contributed by atoms with Gasteiger partial charge in [0.15, 0.2) is 0 Å². The van der Waals surface area contributed by atoms with Crippen LogP contribution in [0.3, 0.4) is 0 Å². The minimum Gasteiger partial charge on any atom is -0.322 e. The van der Waals surface area contributed by atoms with Crippen LogP contribution in [0.15, 0.2) is 59.4 Å². The number of aromatic nitrogens is 2. The highest BCUT2D eigenvalue weighted by Gasteiger charge is 2.18. The number of hydrogen-bond donors (Lipinski definition) is 2. The third-order valence-corrected chi connectivity index (χ3v) is 5.17. The Balaban J connectivity index is 1.49. The van der Waals surface area contributed by atoms with Crippen molar-refractivity contribution in [3.05, 3.63) is 81.8 Å². The molecule has 0 spiro atoms. The summed E-state index contributed by atoms with van der Waals surface area (Å²) in [7, 11) is 0. The number of rotatable bonds is 2. The van der Waals surface area contributed by atoms with Crippen molar-refractivity contribution in [3.8, 4) is 0 Å². The quantitative estimate of drug-likeness (QED) is 0.574. The summed E-state index contributed by atoms with van der Waals surface area (Å²) in [5.74, 6) is -0.274. The fourth-order valence-electron chi connectivity index (χ4n) is 3.87. The molecule has 0 saturated carbocycles. The lowest BCUT2D eigenvalue weighted by Crippen LogP contribution is -2.15. The highest BCUT2D eigenvalue weighted by atomic mass is 16.2. The summed E-state index contributed by atoms with van der Waals surface area (Å²) in [6.45, 7) is 0. The smallest absolute Gasteiger partial charge is 0.274 e. The van der Waals surface area contributed by atoms with E-state index in [-0.39, 0.29) is 11.5 Å². The third kappa shape index (κ3) is 2.68. The van der Waals surface area contributed by atoms with Crippen molar-refractivity contribution in [1.82, 2.24) is 9.97 Å². The Kier molecular flexibility index (Phi) is 3.53. The number of amides is 1. The van der Waals surface area contributed by atoms with E-state index in [0.29, 0.717) is 11.4 Å². The summed E-state index contributed by atoms with van der Waals surface area (Å²) in [5, 5.41) is 4.93.